The largest absolute Gasteiger partial charge is 0.342 e. The summed E-state index contributed by atoms with van der Waals surface area (Å²) in [6.07, 6.45) is 15.5. The molecule has 0 N–H and O–H groups in total. The minimum Gasteiger partial charge on any atom is -0.342 e. The van der Waals surface area contributed by atoms with Gasteiger partial charge in [0.1, 0.15) is 5.82 Å². The van der Waals surface area contributed by atoms with E-state index in [4.69, 9.17) is 0 Å². The van der Waals surface area contributed by atoms with Crippen LogP contribution < -0.4 is 0 Å². The van der Waals surface area contributed by atoms with Gasteiger partial charge in [-0.05, 0) is 51.0 Å². The van der Waals surface area contributed by atoms with Crippen LogP contribution in [0.15, 0.2) is 12.4 Å². The molecule has 1 aliphatic heterocycles. The Morgan fingerprint density at radius 1 is 1.15 bits per heavy atom. The molecule has 144 valence electrons. The molecule has 1 aromatic heterocycles. The second kappa shape index (κ2) is 8.12. The van der Waals surface area contributed by atoms with Gasteiger partial charge in [-0.1, -0.05) is 19.3 Å². The Morgan fingerprint density at radius 2 is 1.96 bits per heavy atom. The molecule has 0 bridgehead atoms. The first-order valence-electron chi connectivity index (χ1n) is 10.7. The highest BCUT2D eigenvalue weighted by Crippen LogP contribution is 2.33. The van der Waals surface area contributed by atoms with Crippen molar-refractivity contribution in [3.63, 3.8) is 0 Å². The number of carbonyl (C=O) groups is 1. The molecule has 2 saturated carbocycles. The Balaban J connectivity index is 1.33. The Labute approximate surface area is 157 Å². The lowest BCUT2D eigenvalue weighted by molar-refractivity contribution is -0.134. The van der Waals surface area contributed by atoms with Crippen LogP contribution in [-0.4, -0.2) is 58.0 Å². The van der Waals surface area contributed by atoms with E-state index in [1.165, 1.54) is 63.6 Å². The van der Waals surface area contributed by atoms with Crippen molar-refractivity contribution in [2.45, 2.75) is 76.3 Å². The van der Waals surface area contributed by atoms with Crippen LogP contribution in [0.3, 0.4) is 0 Å². The lowest BCUT2D eigenvalue weighted by Crippen LogP contribution is -2.46. The van der Waals surface area contributed by atoms with Crippen molar-refractivity contribution >= 4 is 5.91 Å². The highest BCUT2D eigenvalue weighted by atomic mass is 16.2. The molecule has 26 heavy (non-hydrogen) atoms. The van der Waals surface area contributed by atoms with Crippen LogP contribution in [0.2, 0.25) is 0 Å². The summed E-state index contributed by atoms with van der Waals surface area (Å²) >= 11 is 0. The van der Waals surface area contributed by atoms with Crippen molar-refractivity contribution in [1.82, 2.24) is 19.4 Å². The SMILES string of the molecule is CN(C(=O)CN1CCCC(c2nccn2CC2CC2)C1)C1CCCCC1. The molecular weight excluding hydrogens is 324 g/mol. The van der Waals surface area contributed by atoms with Gasteiger partial charge in [-0.15, -0.1) is 0 Å². The number of amides is 1. The second-order valence-electron chi connectivity index (χ2n) is 8.75. The van der Waals surface area contributed by atoms with Crippen molar-refractivity contribution in [3.05, 3.63) is 18.2 Å². The third kappa shape index (κ3) is 4.30. The fourth-order valence-corrected chi connectivity index (χ4v) is 4.80. The van der Waals surface area contributed by atoms with E-state index in [1.807, 2.05) is 18.1 Å². The summed E-state index contributed by atoms with van der Waals surface area (Å²) < 4.78 is 2.38. The number of likely N-dealkylation sites (N-methyl/N-ethyl adjacent to an activating group) is 1. The van der Waals surface area contributed by atoms with Gasteiger partial charge in [0, 0.05) is 44.5 Å². The van der Waals surface area contributed by atoms with Gasteiger partial charge in [0.2, 0.25) is 5.91 Å². The maximum atomic E-state index is 12.8. The minimum atomic E-state index is 0.305. The minimum absolute atomic E-state index is 0.305. The van der Waals surface area contributed by atoms with Crippen molar-refractivity contribution in [2.24, 2.45) is 5.92 Å². The molecule has 2 aliphatic carbocycles. The smallest absolute Gasteiger partial charge is 0.236 e. The molecule has 1 amide bonds. The number of aromatic nitrogens is 2. The molecular formula is C21H34N4O. The predicted molar refractivity (Wildman–Crippen MR) is 103 cm³/mol. The Bertz CT molecular complexity index is 603. The van der Waals surface area contributed by atoms with Crippen LogP contribution in [0, 0.1) is 5.92 Å². The fraction of sp³-hybridized carbons (Fsp3) is 0.810. The third-order valence-electron chi connectivity index (χ3n) is 6.64. The molecule has 3 fully saturated rings. The summed E-state index contributed by atoms with van der Waals surface area (Å²) in [6, 6.07) is 0.467. The molecule has 3 aliphatic rings. The molecule has 4 rings (SSSR count). The number of carbonyl (C=O) groups excluding carboxylic acids is 1. The van der Waals surface area contributed by atoms with Gasteiger partial charge in [0.25, 0.3) is 0 Å². The summed E-state index contributed by atoms with van der Waals surface area (Å²) in [5.41, 5.74) is 0. The van der Waals surface area contributed by atoms with Gasteiger partial charge in [-0.3, -0.25) is 9.69 Å². The average Bonchev–Trinajstić information content (AvgIpc) is 3.37. The zero-order valence-electron chi connectivity index (χ0n) is 16.3. The zero-order valence-corrected chi connectivity index (χ0v) is 16.3. The van der Waals surface area contributed by atoms with Gasteiger partial charge in [-0.25, -0.2) is 4.98 Å². The van der Waals surface area contributed by atoms with Gasteiger partial charge < -0.3 is 9.47 Å². The lowest BCUT2D eigenvalue weighted by Gasteiger charge is -2.36. The van der Waals surface area contributed by atoms with Crippen LogP contribution in [0.25, 0.3) is 0 Å². The first-order valence-corrected chi connectivity index (χ1v) is 10.7. The maximum Gasteiger partial charge on any atom is 0.236 e. The summed E-state index contributed by atoms with van der Waals surface area (Å²) in [4.78, 5) is 21.9. The molecule has 1 aromatic rings. The van der Waals surface area contributed by atoms with Crippen LogP contribution in [0.1, 0.15) is 69.5 Å². The van der Waals surface area contributed by atoms with E-state index in [0.29, 0.717) is 24.4 Å². The summed E-state index contributed by atoms with van der Waals surface area (Å²) in [7, 11) is 2.02. The fourth-order valence-electron chi connectivity index (χ4n) is 4.80. The third-order valence-corrected chi connectivity index (χ3v) is 6.64. The first kappa shape index (κ1) is 18.0. The Hall–Kier alpha value is -1.36. The number of hydrogen-bond donors (Lipinski definition) is 0. The molecule has 5 nitrogen and oxygen atoms in total. The van der Waals surface area contributed by atoms with Gasteiger partial charge in [0.15, 0.2) is 0 Å². The van der Waals surface area contributed by atoms with Gasteiger partial charge in [-0.2, -0.15) is 0 Å². The van der Waals surface area contributed by atoms with E-state index in [-0.39, 0.29) is 0 Å². The van der Waals surface area contributed by atoms with Crippen molar-refractivity contribution < 1.29 is 4.79 Å². The highest BCUT2D eigenvalue weighted by molar-refractivity contribution is 5.78. The average molecular weight is 359 g/mol. The number of nitrogens with zero attached hydrogens (tertiary/aromatic N) is 4. The quantitative estimate of drug-likeness (QED) is 0.784. The van der Waals surface area contributed by atoms with E-state index in [9.17, 15) is 4.79 Å². The topological polar surface area (TPSA) is 41.4 Å². The van der Waals surface area contributed by atoms with Gasteiger partial charge >= 0.3 is 0 Å². The Morgan fingerprint density at radius 3 is 2.73 bits per heavy atom. The lowest BCUT2D eigenvalue weighted by atomic mass is 9.94. The molecule has 0 radical (unpaired) electrons. The maximum absolute atomic E-state index is 12.8. The van der Waals surface area contributed by atoms with Crippen LogP contribution in [0.5, 0.6) is 0 Å². The molecule has 1 atom stereocenters. The van der Waals surface area contributed by atoms with Gasteiger partial charge in [0.05, 0.1) is 6.54 Å². The van der Waals surface area contributed by atoms with E-state index in [2.05, 4.69) is 20.6 Å². The second-order valence-corrected chi connectivity index (χ2v) is 8.75. The number of likely N-dealkylation sites (tertiary alicyclic amines) is 1. The Kier molecular flexibility index (Phi) is 5.63. The monoisotopic (exact) mass is 358 g/mol. The number of piperidine rings is 1. The summed E-state index contributed by atoms with van der Waals surface area (Å²) in [5, 5.41) is 0. The highest BCUT2D eigenvalue weighted by Gasteiger charge is 2.29. The number of imidazole rings is 1. The first-order chi connectivity index (χ1) is 12.7. The van der Waals surface area contributed by atoms with E-state index in [1.54, 1.807) is 0 Å². The molecule has 0 spiro atoms. The van der Waals surface area contributed by atoms with Crippen molar-refractivity contribution in [1.29, 1.82) is 0 Å². The van der Waals surface area contributed by atoms with Crippen molar-refractivity contribution in [3.8, 4) is 0 Å². The normalized spacial score (nSPS) is 25.3. The van der Waals surface area contributed by atoms with E-state index in [0.717, 1.165) is 25.6 Å². The van der Waals surface area contributed by atoms with Crippen LogP contribution in [0.4, 0.5) is 0 Å². The van der Waals surface area contributed by atoms with E-state index < -0.39 is 0 Å². The molecule has 2 heterocycles. The molecule has 1 saturated heterocycles. The van der Waals surface area contributed by atoms with Crippen LogP contribution >= 0.6 is 0 Å². The molecule has 5 heteroatoms. The molecule has 0 aromatic carbocycles. The standard InChI is InChI=1S/C21H34N4O/c1-23(19-7-3-2-4-8-19)20(26)16-24-12-5-6-18(15-24)21-22-11-13-25(21)14-17-9-10-17/h11,13,17-19H,2-10,12,14-16H2,1H3. The number of hydrogen-bond acceptors (Lipinski definition) is 3. The molecule has 1 unspecified atom stereocenters. The summed E-state index contributed by atoms with van der Waals surface area (Å²) in [6.45, 7) is 3.73. The van der Waals surface area contributed by atoms with Crippen molar-refractivity contribution in [2.75, 3.05) is 26.7 Å². The number of rotatable bonds is 6. The van der Waals surface area contributed by atoms with Crippen LogP contribution in [-0.2, 0) is 11.3 Å². The predicted octanol–water partition coefficient (Wildman–Crippen LogP) is 3.26. The summed E-state index contributed by atoms with van der Waals surface area (Å²) in [5.74, 6) is 2.90. The zero-order chi connectivity index (χ0) is 17.9. The van der Waals surface area contributed by atoms with E-state index >= 15 is 0 Å².